The normalized spacial score (nSPS) is 18.1. The lowest BCUT2D eigenvalue weighted by atomic mass is 9.82. The van der Waals surface area contributed by atoms with E-state index in [4.69, 9.17) is 5.73 Å². The van der Waals surface area contributed by atoms with Crippen LogP contribution in [0, 0.1) is 23.7 Å². The highest BCUT2D eigenvalue weighted by Gasteiger charge is 2.20. The van der Waals surface area contributed by atoms with Crippen molar-refractivity contribution in [3.8, 4) is 0 Å². The van der Waals surface area contributed by atoms with Crippen LogP contribution in [-0.2, 0) is 0 Å². The molecule has 0 aliphatic rings. The third kappa shape index (κ3) is 7.71. The zero-order chi connectivity index (χ0) is 14.1. The lowest BCUT2D eigenvalue weighted by Gasteiger charge is -2.28. The van der Waals surface area contributed by atoms with Crippen LogP contribution in [0.25, 0.3) is 0 Å². The van der Waals surface area contributed by atoms with E-state index in [1.807, 2.05) is 0 Å². The van der Waals surface area contributed by atoms with Gasteiger partial charge in [0.25, 0.3) is 0 Å². The molecule has 1 nitrogen and oxygen atoms in total. The number of hydrogen-bond acceptors (Lipinski definition) is 1. The zero-order valence-corrected chi connectivity index (χ0v) is 13.2. The zero-order valence-electron chi connectivity index (χ0n) is 13.2. The molecule has 0 bridgehead atoms. The molecule has 106 valence electrons. The molecule has 2 N–H and O–H groups in total. The molecule has 0 saturated heterocycles. The summed E-state index contributed by atoms with van der Waals surface area (Å²) in [6.07, 6.45) is 11.3. The maximum Gasteiger partial charge on any atom is 0.00903 e. The fraction of sp³-hybridized carbons (Fsp3) is 0.765. The minimum absolute atomic E-state index is 0.314. The van der Waals surface area contributed by atoms with Gasteiger partial charge in [-0.05, 0) is 36.5 Å². The third-order valence-electron chi connectivity index (χ3n) is 3.74. The Labute approximate surface area is 115 Å². The van der Waals surface area contributed by atoms with Gasteiger partial charge in [-0.3, -0.25) is 0 Å². The lowest BCUT2D eigenvalue weighted by Crippen LogP contribution is -2.36. The highest BCUT2D eigenvalue weighted by molar-refractivity contribution is 4.95. The molecule has 1 heteroatoms. The first-order valence-corrected chi connectivity index (χ1v) is 7.43. The van der Waals surface area contributed by atoms with Crippen molar-refractivity contribution in [1.82, 2.24) is 0 Å². The molecule has 0 aromatic carbocycles. The number of nitrogens with two attached hydrogens (primary N) is 1. The van der Waals surface area contributed by atoms with E-state index >= 15 is 0 Å². The van der Waals surface area contributed by atoms with E-state index in [0.717, 1.165) is 12.8 Å². The van der Waals surface area contributed by atoms with Gasteiger partial charge in [-0.1, -0.05) is 65.8 Å². The summed E-state index contributed by atoms with van der Waals surface area (Å²) in [7, 11) is 0. The van der Waals surface area contributed by atoms with Crippen molar-refractivity contribution < 1.29 is 0 Å². The van der Waals surface area contributed by atoms with Crippen molar-refractivity contribution in [2.75, 3.05) is 0 Å². The first-order chi connectivity index (χ1) is 8.36. The molecule has 3 unspecified atom stereocenters. The van der Waals surface area contributed by atoms with Gasteiger partial charge in [0.15, 0.2) is 0 Å². The van der Waals surface area contributed by atoms with Crippen LogP contribution in [0.3, 0.4) is 0 Å². The maximum atomic E-state index is 6.21. The molecule has 0 rings (SSSR count). The fourth-order valence-electron chi connectivity index (χ4n) is 2.04. The van der Waals surface area contributed by atoms with Crippen LogP contribution in [0.4, 0.5) is 0 Å². The standard InChI is InChI=1S/C17H33N/c1-13(2)11-9-7-8-10-12-15(5)16(6)17(18)14(3)4/h8-11,13-17H,7,12,18H2,1-6H3/b10-8+,11-9+. The Kier molecular flexibility index (Phi) is 9.09. The molecular formula is C17H33N. The Balaban J connectivity index is 3.95. The average Bonchev–Trinajstić information content (AvgIpc) is 2.30. The summed E-state index contributed by atoms with van der Waals surface area (Å²) in [6, 6.07) is 0.314. The van der Waals surface area contributed by atoms with Crippen LogP contribution in [0.2, 0.25) is 0 Å². The summed E-state index contributed by atoms with van der Waals surface area (Å²) >= 11 is 0. The Morgan fingerprint density at radius 2 is 1.50 bits per heavy atom. The molecule has 18 heavy (non-hydrogen) atoms. The predicted octanol–water partition coefficient (Wildman–Crippen LogP) is 4.79. The second-order valence-corrected chi connectivity index (χ2v) is 6.27. The van der Waals surface area contributed by atoms with Gasteiger partial charge in [-0.2, -0.15) is 0 Å². The second kappa shape index (κ2) is 9.38. The molecule has 0 radical (unpaired) electrons. The summed E-state index contributed by atoms with van der Waals surface area (Å²) in [6.45, 7) is 13.4. The summed E-state index contributed by atoms with van der Waals surface area (Å²) in [5.41, 5.74) is 6.21. The molecule has 0 spiro atoms. The summed E-state index contributed by atoms with van der Waals surface area (Å²) < 4.78 is 0. The van der Waals surface area contributed by atoms with Gasteiger partial charge in [0.1, 0.15) is 0 Å². The Bertz CT molecular complexity index is 250. The number of allylic oxidation sites excluding steroid dienone is 4. The Morgan fingerprint density at radius 3 is 2.00 bits per heavy atom. The largest absolute Gasteiger partial charge is 0.327 e. The van der Waals surface area contributed by atoms with Crippen molar-refractivity contribution >= 4 is 0 Å². The van der Waals surface area contributed by atoms with Crippen molar-refractivity contribution in [3.05, 3.63) is 24.3 Å². The van der Waals surface area contributed by atoms with E-state index in [1.165, 1.54) is 0 Å². The minimum Gasteiger partial charge on any atom is -0.327 e. The van der Waals surface area contributed by atoms with Gasteiger partial charge >= 0.3 is 0 Å². The van der Waals surface area contributed by atoms with Crippen LogP contribution < -0.4 is 5.73 Å². The molecule has 3 atom stereocenters. The predicted molar refractivity (Wildman–Crippen MR) is 83.5 cm³/mol. The van der Waals surface area contributed by atoms with Gasteiger partial charge in [0, 0.05) is 6.04 Å². The topological polar surface area (TPSA) is 26.0 Å². The van der Waals surface area contributed by atoms with Crippen LogP contribution >= 0.6 is 0 Å². The van der Waals surface area contributed by atoms with Crippen molar-refractivity contribution in [3.63, 3.8) is 0 Å². The number of rotatable bonds is 8. The molecule has 0 aliphatic heterocycles. The lowest BCUT2D eigenvalue weighted by molar-refractivity contribution is 0.277. The summed E-state index contributed by atoms with van der Waals surface area (Å²) in [5, 5.41) is 0. The average molecular weight is 251 g/mol. The SMILES string of the molecule is CC(C)/C=C/C/C=C/CC(C)C(C)C(N)C(C)C. The van der Waals surface area contributed by atoms with Gasteiger partial charge in [-0.15, -0.1) is 0 Å². The van der Waals surface area contributed by atoms with E-state index < -0.39 is 0 Å². The first kappa shape index (κ1) is 17.4. The smallest absolute Gasteiger partial charge is 0.00903 e. The van der Waals surface area contributed by atoms with E-state index in [1.54, 1.807) is 0 Å². The minimum atomic E-state index is 0.314. The van der Waals surface area contributed by atoms with Gasteiger partial charge < -0.3 is 5.73 Å². The second-order valence-electron chi connectivity index (χ2n) is 6.27. The van der Waals surface area contributed by atoms with Crippen molar-refractivity contribution in [2.45, 2.75) is 60.4 Å². The molecule has 0 aliphatic carbocycles. The van der Waals surface area contributed by atoms with E-state index in [0.29, 0.717) is 29.7 Å². The van der Waals surface area contributed by atoms with Gasteiger partial charge in [0.05, 0.1) is 0 Å². The molecule has 0 heterocycles. The number of hydrogen-bond donors (Lipinski definition) is 1. The molecule has 0 aromatic rings. The molecular weight excluding hydrogens is 218 g/mol. The highest BCUT2D eigenvalue weighted by atomic mass is 14.7. The molecule has 0 fully saturated rings. The Hall–Kier alpha value is -0.560. The van der Waals surface area contributed by atoms with Crippen molar-refractivity contribution in [1.29, 1.82) is 0 Å². The fourth-order valence-corrected chi connectivity index (χ4v) is 2.04. The van der Waals surface area contributed by atoms with Crippen LogP contribution in [0.5, 0.6) is 0 Å². The monoisotopic (exact) mass is 251 g/mol. The molecule has 0 amide bonds. The van der Waals surface area contributed by atoms with Gasteiger partial charge in [-0.25, -0.2) is 0 Å². The van der Waals surface area contributed by atoms with E-state index in [9.17, 15) is 0 Å². The van der Waals surface area contributed by atoms with Crippen LogP contribution in [0.15, 0.2) is 24.3 Å². The van der Waals surface area contributed by atoms with E-state index in [2.05, 4.69) is 65.8 Å². The maximum absolute atomic E-state index is 6.21. The van der Waals surface area contributed by atoms with Crippen LogP contribution in [-0.4, -0.2) is 6.04 Å². The molecule has 0 aromatic heterocycles. The van der Waals surface area contributed by atoms with E-state index in [-0.39, 0.29) is 0 Å². The highest BCUT2D eigenvalue weighted by Crippen LogP contribution is 2.22. The van der Waals surface area contributed by atoms with Crippen LogP contribution in [0.1, 0.15) is 54.4 Å². The first-order valence-electron chi connectivity index (χ1n) is 7.43. The summed E-state index contributed by atoms with van der Waals surface area (Å²) in [4.78, 5) is 0. The Morgan fingerprint density at radius 1 is 0.889 bits per heavy atom. The summed E-state index contributed by atoms with van der Waals surface area (Å²) in [5.74, 6) is 2.47. The third-order valence-corrected chi connectivity index (χ3v) is 3.74. The quantitative estimate of drug-likeness (QED) is 0.617. The van der Waals surface area contributed by atoms with Gasteiger partial charge in [0.2, 0.25) is 0 Å². The molecule has 0 saturated carbocycles. The van der Waals surface area contributed by atoms with Crippen molar-refractivity contribution in [2.24, 2.45) is 29.4 Å².